The molecule has 0 aromatic heterocycles. The second-order valence-corrected chi connectivity index (χ2v) is 8.16. The van der Waals surface area contributed by atoms with Gasteiger partial charge in [0, 0.05) is 5.69 Å². The molecular formula is C23H22FNO5S. The van der Waals surface area contributed by atoms with Gasteiger partial charge >= 0.3 is 0 Å². The average Bonchev–Trinajstić information content (AvgIpc) is 2.77. The minimum Gasteiger partial charge on any atom is -0.493 e. The Kier molecular flexibility index (Phi) is 6.81. The number of sulfonamides is 1. The predicted molar refractivity (Wildman–Crippen MR) is 119 cm³/mol. The van der Waals surface area contributed by atoms with Gasteiger partial charge in [-0.05, 0) is 53.6 Å². The summed E-state index contributed by atoms with van der Waals surface area (Å²) in [5.74, 6) is 0.986. The maximum atomic E-state index is 13.3. The van der Waals surface area contributed by atoms with Crippen molar-refractivity contribution < 1.29 is 27.0 Å². The molecule has 0 bridgehead atoms. The van der Waals surface area contributed by atoms with E-state index in [2.05, 4.69) is 4.72 Å². The second kappa shape index (κ2) is 9.53. The zero-order valence-corrected chi connectivity index (χ0v) is 18.1. The quantitative estimate of drug-likeness (QED) is 0.505. The summed E-state index contributed by atoms with van der Waals surface area (Å²) >= 11 is 0. The van der Waals surface area contributed by atoms with Crippen molar-refractivity contribution in [2.75, 3.05) is 26.1 Å². The van der Waals surface area contributed by atoms with Gasteiger partial charge in [0.15, 0.2) is 11.5 Å². The van der Waals surface area contributed by atoms with Gasteiger partial charge in [-0.15, -0.1) is 0 Å². The van der Waals surface area contributed by atoms with Gasteiger partial charge in [-0.1, -0.05) is 30.4 Å². The van der Waals surface area contributed by atoms with Gasteiger partial charge in [-0.2, -0.15) is 0 Å². The minimum atomic E-state index is -3.87. The van der Waals surface area contributed by atoms with Crippen LogP contribution < -0.4 is 18.9 Å². The highest BCUT2D eigenvalue weighted by atomic mass is 32.2. The molecule has 31 heavy (non-hydrogen) atoms. The molecule has 0 fully saturated rings. The van der Waals surface area contributed by atoms with Gasteiger partial charge < -0.3 is 14.2 Å². The van der Waals surface area contributed by atoms with Crippen molar-refractivity contribution in [3.05, 3.63) is 77.6 Å². The van der Waals surface area contributed by atoms with Gasteiger partial charge in [0.25, 0.3) is 10.0 Å². The number of ether oxygens (including phenoxy) is 3. The lowest BCUT2D eigenvalue weighted by molar-refractivity contribution is 0.324. The zero-order valence-electron chi connectivity index (χ0n) is 17.3. The molecule has 0 aliphatic rings. The van der Waals surface area contributed by atoms with Crippen LogP contribution in [0, 0.1) is 5.82 Å². The number of benzene rings is 3. The highest BCUT2D eigenvalue weighted by Crippen LogP contribution is 2.38. The molecule has 3 aromatic carbocycles. The molecule has 3 rings (SSSR count). The summed E-state index contributed by atoms with van der Waals surface area (Å²) in [5, 5.41) is 0. The topological polar surface area (TPSA) is 73.9 Å². The molecule has 0 saturated carbocycles. The van der Waals surface area contributed by atoms with Gasteiger partial charge in [0.1, 0.15) is 5.82 Å². The van der Waals surface area contributed by atoms with Crippen LogP contribution in [0.5, 0.6) is 17.2 Å². The van der Waals surface area contributed by atoms with Crippen molar-refractivity contribution >= 4 is 27.9 Å². The van der Waals surface area contributed by atoms with Crippen LogP contribution in [0.1, 0.15) is 11.1 Å². The largest absolute Gasteiger partial charge is 0.493 e. The number of hydrogen-bond donors (Lipinski definition) is 1. The average molecular weight is 443 g/mol. The molecule has 1 N–H and O–H groups in total. The molecular weight excluding hydrogens is 421 g/mol. The Morgan fingerprint density at radius 1 is 0.806 bits per heavy atom. The van der Waals surface area contributed by atoms with E-state index in [1.54, 1.807) is 45.6 Å². The molecule has 0 aliphatic carbocycles. The van der Waals surface area contributed by atoms with Crippen molar-refractivity contribution in [3.63, 3.8) is 0 Å². The molecule has 0 spiro atoms. The Morgan fingerprint density at radius 3 is 1.97 bits per heavy atom. The number of hydrogen-bond acceptors (Lipinski definition) is 5. The molecule has 6 nitrogen and oxygen atoms in total. The third-order valence-corrected chi connectivity index (χ3v) is 5.80. The Hall–Kier alpha value is -3.52. The summed E-state index contributed by atoms with van der Waals surface area (Å²) in [4.78, 5) is -0.140. The van der Waals surface area contributed by atoms with Crippen LogP contribution in [0.2, 0.25) is 0 Å². The van der Waals surface area contributed by atoms with E-state index in [-0.39, 0.29) is 4.90 Å². The monoisotopic (exact) mass is 443 g/mol. The molecule has 162 valence electrons. The summed E-state index contributed by atoms with van der Waals surface area (Å²) in [6, 6.07) is 15.3. The van der Waals surface area contributed by atoms with E-state index in [9.17, 15) is 12.8 Å². The first-order chi connectivity index (χ1) is 14.9. The fraction of sp³-hybridized carbons (Fsp3) is 0.130. The molecule has 0 aliphatic heterocycles. The van der Waals surface area contributed by atoms with Crippen molar-refractivity contribution in [2.45, 2.75) is 4.90 Å². The number of nitrogens with one attached hydrogen (secondary N) is 1. The van der Waals surface area contributed by atoms with E-state index < -0.39 is 15.8 Å². The molecule has 0 unspecified atom stereocenters. The summed E-state index contributed by atoms with van der Waals surface area (Å²) in [5.41, 5.74) is 2.06. The Bertz CT molecular complexity index is 1170. The van der Waals surface area contributed by atoms with Gasteiger partial charge in [0.2, 0.25) is 5.75 Å². The first-order valence-electron chi connectivity index (χ1n) is 9.23. The lowest BCUT2D eigenvalue weighted by Gasteiger charge is -2.12. The van der Waals surface area contributed by atoms with Crippen molar-refractivity contribution in [3.8, 4) is 17.2 Å². The SMILES string of the molecule is COc1cc(C=Cc2ccc(NS(=O)(=O)c3cccc(F)c3)cc2)cc(OC)c1OC. The van der Waals surface area contributed by atoms with E-state index in [4.69, 9.17) is 14.2 Å². The third-order valence-electron chi connectivity index (χ3n) is 4.42. The molecule has 0 heterocycles. The fourth-order valence-corrected chi connectivity index (χ4v) is 3.99. The maximum absolute atomic E-state index is 13.3. The van der Waals surface area contributed by atoms with Crippen LogP contribution in [0.3, 0.4) is 0 Å². The first-order valence-corrected chi connectivity index (χ1v) is 10.7. The summed E-state index contributed by atoms with van der Waals surface area (Å²) in [6.45, 7) is 0. The Labute approximate surface area is 180 Å². The Balaban J connectivity index is 1.77. The summed E-state index contributed by atoms with van der Waals surface area (Å²) < 4.78 is 56.6. The predicted octanol–water partition coefficient (Wildman–Crippen LogP) is 4.82. The standard InChI is InChI=1S/C23H22FNO5S/c1-28-21-13-17(14-22(29-2)23(21)30-3)8-7-16-9-11-19(12-10-16)25-31(26,27)20-6-4-5-18(24)15-20/h4-15,25H,1-3H3. The van der Waals surface area contributed by atoms with Crippen LogP contribution in [-0.4, -0.2) is 29.7 Å². The number of halogens is 1. The van der Waals surface area contributed by atoms with Crippen LogP contribution in [0.4, 0.5) is 10.1 Å². The van der Waals surface area contributed by atoms with E-state index >= 15 is 0 Å². The van der Waals surface area contributed by atoms with E-state index in [1.165, 1.54) is 18.2 Å². The minimum absolute atomic E-state index is 0.140. The van der Waals surface area contributed by atoms with Crippen LogP contribution in [-0.2, 0) is 10.0 Å². The summed E-state index contributed by atoms with van der Waals surface area (Å²) in [6.07, 6.45) is 3.74. The number of methoxy groups -OCH3 is 3. The zero-order chi connectivity index (χ0) is 22.4. The van der Waals surface area contributed by atoms with Crippen LogP contribution in [0.25, 0.3) is 12.2 Å². The number of rotatable bonds is 8. The first kappa shape index (κ1) is 22.2. The van der Waals surface area contributed by atoms with Gasteiger partial charge in [-0.25, -0.2) is 12.8 Å². The molecule has 0 saturated heterocycles. The third kappa shape index (κ3) is 5.35. The Morgan fingerprint density at radius 2 is 1.42 bits per heavy atom. The highest BCUT2D eigenvalue weighted by Gasteiger charge is 2.15. The smallest absolute Gasteiger partial charge is 0.261 e. The van der Waals surface area contributed by atoms with Crippen molar-refractivity contribution in [2.24, 2.45) is 0 Å². The van der Waals surface area contributed by atoms with Crippen LogP contribution in [0.15, 0.2) is 65.6 Å². The lowest BCUT2D eigenvalue weighted by atomic mass is 10.1. The molecule has 0 atom stereocenters. The number of anilines is 1. The normalized spacial score (nSPS) is 11.4. The second-order valence-electron chi connectivity index (χ2n) is 6.48. The van der Waals surface area contributed by atoms with Crippen LogP contribution >= 0.6 is 0 Å². The fourth-order valence-electron chi connectivity index (χ4n) is 2.90. The van der Waals surface area contributed by atoms with Crippen molar-refractivity contribution in [1.82, 2.24) is 0 Å². The van der Waals surface area contributed by atoms with E-state index in [0.29, 0.717) is 22.9 Å². The molecule has 0 amide bonds. The molecule has 8 heteroatoms. The van der Waals surface area contributed by atoms with E-state index in [0.717, 1.165) is 17.2 Å². The molecule has 0 radical (unpaired) electrons. The maximum Gasteiger partial charge on any atom is 0.261 e. The highest BCUT2D eigenvalue weighted by molar-refractivity contribution is 7.92. The van der Waals surface area contributed by atoms with Gasteiger partial charge in [-0.3, -0.25) is 4.72 Å². The van der Waals surface area contributed by atoms with Gasteiger partial charge in [0.05, 0.1) is 26.2 Å². The van der Waals surface area contributed by atoms with E-state index in [1.807, 2.05) is 24.3 Å². The lowest BCUT2D eigenvalue weighted by Crippen LogP contribution is -2.13. The van der Waals surface area contributed by atoms with Crippen molar-refractivity contribution in [1.29, 1.82) is 0 Å². The summed E-state index contributed by atoms with van der Waals surface area (Å²) in [7, 11) is 0.768. The molecule has 3 aromatic rings.